The molecule has 2 atom stereocenters. The molecule has 4 heteroatoms. The Bertz CT molecular complexity index is 450. The second-order valence-corrected chi connectivity index (χ2v) is 6.90. The summed E-state index contributed by atoms with van der Waals surface area (Å²) in [6, 6.07) is 6.33. The zero-order valence-corrected chi connectivity index (χ0v) is 14.1. The number of anilines is 1. The van der Waals surface area contributed by atoms with Crippen LogP contribution < -0.4 is 10.2 Å². The van der Waals surface area contributed by atoms with Gasteiger partial charge in [0, 0.05) is 30.9 Å². The van der Waals surface area contributed by atoms with Crippen LogP contribution in [0.4, 0.5) is 10.1 Å². The maximum absolute atomic E-state index is 13.4. The van der Waals surface area contributed by atoms with Crippen LogP contribution in [0.2, 0.25) is 0 Å². The van der Waals surface area contributed by atoms with E-state index in [2.05, 4.69) is 46.9 Å². The Morgan fingerprint density at radius 1 is 1.45 bits per heavy atom. The smallest absolute Gasteiger partial charge is 0.137 e. The molecule has 0 radical (unpaired) electrons. The number of hydrogen-bond donors (Lipinski definition) is 1. The van der Waals surface area contributed by atoms with Crippen LogP contribution in [-0.2, 0) is 0 Å². The summed E-state index contributed by atoms with van der Waals surface area (Å²) in [7, 11) is 0. The summed E-state index contributed by atoms with van der Waals surface area (Å²) < 4.78 is 14.0. The standard InChI is InChI=1S/C16H24BrFN2/c1-4-13-9-19-12(7-11(2)3)10-20(13)14-5-6-16(18)15(17)8-14/h5-6,8,11-13,19H,4,7,9-10H2,1-3H3. The Kier molecular flexibility index (Phi) is 5.44. The zero-order valence-electron chi connectivity index (χ0n) is 12.5. The highest BCUT2D eigenvalue weighted by Gasteiger charge is 2.27. The third-order valence-corrected chi connectivity index (χ3v) is 4.57. The van der Waals surface area contributed by atoms with Crippen molar-refractivity contribution in [2.45, 2.75) is 45.7 Å². The van der Waals surface area contributed by atoms with E-state index < -0.39 is 0 Å². The minimum absolute atomic E-state index is 0.198. The van der Waals surface area contributed by atoms with Gasteiger partial charge in [0.25, 0.3) is 0 Å². The Hall–Kier alpha value is -0.610. The number of halogens is 2. The van der Waals surface area contributed by atoms with Crippen LogP contribution in [0.3, 0.4) is 0 Å². The molecule has 112 valence electrons. The van der Waals surface area contributed by atoms with Crippen LogP contribution in [-0.4, -0.2) is 25.2 Å². The average Bonchev–Trinajstić information content (AvgIpc) is 2.41. The average molecular weight is 343 g/mol. The number of rotatable bonds is 4. The molecule has 1 aliphatic rings. The molecule has 1 aromatic carbocycles. The van der Waals surface area contributed by atoms with Gasteiger partial charge in [-0.3, -0.25) is 0 Å². The molecule has 0 aliphatic carbocycles. The third-order valence-electron chi connectivity index (χ3n) is 3.96. The Labute approximate surface area is 129 Å². The Morgan fingerprint density at radius 2 is 2.20 bits per heavy atom. The van der Waals surface area contributed by atoms with Crippen LogP contribution in [0.5, 0.6) is 0 Å². The van der Waals surface area contributed by atoms with Gasteiger partial charge in [0.2, 0.25) is 0 Å². The van der Waals surface area contributed by atoms with Crippen molar-refractivity contribution in [1.82, 2.24) is 5.32 Å². The first-order chi connectivity index (χ1) is 9.51. The molecule has 2 nitrogen and oxygen atoms in total. The largest absolute Gasteiger partial charge is 0.366 e. The summed E-state index contributed by atoms with van der Waals surface area (Å²) in [6.45, 7) is 8.72. The van der Waals surface area contributed by atoms with Gasteiger partial charge in [-0.25, -0.2) is 4.39 Å². The van der Waals surface area contributed by atoms with E-state index in [4.69, 9.17) is 0 Å². The van der Waals surface area contributed by atoms with E-state index in [1.165, 1.54) is 6.42 Å². The summed E-state index contributed by atoms with van der Waals surface area (Å²) in [4.78, 5) is 2.42. The number of hydrogen-bond acceptors (Lipinski definition) is 2. The van der Waals surface area contributed by atoms with Crippen molar-refractivity contribution >= 4 is 21.6 Å². The molecule has 0 aromatic heterocycles. The number of benzene rings is 1. The number of nitrogens with zero attached hydrogens (tertiary/aromatic N) is 1. The fourth-order valence-electron chi connectivity index (χ4n) is 2.94. The number of nitrogens with one attached hydrogen (secondary N) is 1. The monoisotopic (exact) mass is 342 g/mol. The molecular formula is C16H24BrFN2. The quantitative estimate of drug-likeness (QED) is 0.882. The molecular weight excluding hydrogens is 319 g/mol. The van der Waals surface area contributed by atoms with Crippen LogP contribution in [0.1, 0.15) is 33.6 Å². The normalized spacial score (nSPS) is 23.4. The van der Waals surface area contributed by atoms with Crippen molar-refractivity contribution in [3.63, 3.8) is 0 Å². The highest BCUT2D eigenvalue weighted by atomic mass is 79.9. The molecule has 1 fully saturated rings. The van der Waals surface area contributed by atoms with Crippen molar-refractivity contribution in [3.8, 4) is 0 Å². The van der Waals surface area contributed by atoms with Crippen LogP contribution in [0.25, 0.3) is 0 Å². The van der Waals surface area contributed by atoms with Gasteiger partial charge < -0.3 is 10.2 Å². The maximum atomic E-state index is 13.4. The van der Waals surface area contributed by atoms with Gasteiger partial charge in [-0.2, -0.15) is 0 Å². The minimum atomic E-state index is -0.198. The predicted octanol–water partition coefficient (Wildman–Crippen LogP) is 4.19. The van der Waals surface area contributed by atoms with E-state index >= 15 is 0 Å². The van der Waals surface area contributed by atoms with Gasteiger partial charge in [0.1, 0.15) is 5.82 Å². The molecule has 1 aliphatic heterocycles. The van der Waals surface area contributed by atoms with E-state index in [1.807, 2.05) is 12.1 Å². The van der Waals surface area contributed by atoms with Crippen LogP contribution in [0, 0.1) is 11.7 Å². The van der Waals surface area contributed by atoms with Crippen molar-refractivity contribution < 1.29 is 4.39 Å². The van der Waals surface area contributed by atoms with Crippen molar-refractivity contribution in [2.75, 3.05) is 18.0 Å². The molecule has 20 heavy (non-hydrogen) atoms. The van der Waals surface area contributed by atoms with Gasteiger partial charge >= 0.3 is 0 Å². The topological polar surface area (TPSA) is 15.3 Å². The number of piperazine rings is 1. The van der Waals surface area contributed by atoms with Crippen LogP contribution in [0.15, 0.2) is 22.7 Å². The summed E-state index contributed by atoms with van der Waals surface area (Å²) in [6.07, 6.45) is 2.27. The van der Waals surface area contributed by atoms with Gasteiger partial charge in [-0.05, 0) is 52.9 Å². The molecule has 2 rings (SSSR count). The lowest BCUT2D eigenvalue weighted by atomic mass is 9.98. The van der Waals surface area contributed by atoms with Crippen molar-refractivity contribution in [1.29, 1.82) is 0 Å². The highest BCUT2D eigenvalue weighted by Crippen LogP contribution is 2.27. The molecule has 2 unspecified atom stereocenters. The summed E-state index contributed by atoms with van der Waals surface area (Å²) in [5, 5.41) is 3.65. The van der Waals surface area contributed by atoms with E-state index in [-0.39, 0.29) is 5.82 Å². The summed E-state index contributed by atoms with van der Waals surface area (Å²) >= 11 is 3.29. The minimum Gasteiger partial charge on any atom is -0.366 e. The molecule has 0 saturated carbocycles. The first kappa shape index (κ1) is 15.8. The van der Waals surface area contributed by atoms with Gasteiger partial charge in [0.15, 0.2) is 0 Å². The molecule has 1 heterocycles. The first-order valence-electron chi connectivity index (χ1n) is 7.46. The molecule has 1 N–H and O–H groups in total. The fraction of sp³-hybridized carbons (Fsp3) is 0.625. The lowest BCUT2D eigenvalue weighted by Crippen LogP contribution is -2.56. The van der Waals surface area contributed by atoms with Gasteiger partial charge in [0.05, 0.1) is 4.47 Å². The second-order valence-electron chi connectivity index (χ2n) is 6.05. The highest BCUT2D eigenvalue weighted by molar-refractivity contribution is 9.10. The Balaban J connectivity index is 2.17. The van der Waals surface area contributed by atoms with Gasteiger partial charge in [-0.15, -0.1) is 0 Å². The second kappa shape index (κ2) is 6.90. The maximum Gasteiger partial charge on any atom is 0.137 e. The summed E-state index contributed by atoms with van der Waals surface area (Å²) in [5.74, 6) is 0.489. The predicted molar refractivity (Wildman–Crippen MR) is 86.8 cm³/mol. The van der Waals surface area contributed by atoms with Gasteiger partial charge in [-0.1, -0.05) is 20.8 Å². The van der Waals surface area contributed by atoms with Crippen molar-refractivity contribution in [3.05, 3.63) is 28.5 Å². The SMILES string of the molecule is CCC1CNC(CC(C)C)CN1c1ccc(F)c(Br)c1. The third kappa shape index (κ3) is 3.73. The molecule has 1 aromatic rings. The zero-order chi connectivity index (χ0) is 14.7. The fourth-order valence-corrected chi connectivity index (χ4v) is 3.30. The molecule has 0 bridgehead atoms. The van der Waals surface area contributed by atoms with Crippen molar-refractivity contribution in [2.24, 2.45) is 5.92 Å². The van der Waals surface area contributed by atoms with Crippen LogP contribution >= 0.6 is 15.9 Å². The first-order valence-corrected chi connectivity index (χ1v) is 8.25. The van der Waals surface area contributed by atoms with E-state index in [0.717, 1.165) is 25.2 Å². The lowest BCUT2D eigenvalue weighted by Gasteiger charge is -2.42. The molecule has 1 saturated heterocycles. The molecule has 0 spiro atoms. The van der Waals surface area contributed by atoms with E-state index in [0.29, 0.717) is 22.5 Å². The summed E-state index contributed by atoms with van der Waals surface area (Å²) in [5.41, 5.74) is 1.11. The van der Waals surface area contributed by atoms with E-state index in [9.17, 15) is 4.39 Å². The lowest BCUT2D eigenvalue weighted by molar-refractivity contribution is 0.343. The molecule has 0 amide bonds. The Morgan fingerprint density at radius 3 is 2.80 bits per heavy atom. The van der Waals surface area contributed by atoms with E-state index in [1.54, 1.807) is 6.07 Å².